The Bertz CT molecular complexity index is 372. The highest BCUT2D eigenvalue weighted by Gasteiger charge is 2.73. The number of hydrogen-bond donors (Lipinski definition) is 1. The topological polar surface area (TPSA) is 20.2 Å². The van der Waals surface area contributed by atoms with Crippen LogP contribution < -0.4 is 0 Å². The maximum Gasteiger partial charge on any atom is 0.0608 e. The van der Waals surface area contributed by atoms with E-state index in [1.54, 1.807) is 0 Å². The van der Waals surface area contributed by atoms with E-state index in [9.17, 15) is 5.11 Å². The first kappa shape index (κ1) is 7.47. The lowest BCUT2D eigenvalue weighted by Crippen LogP contribution is -2.14. The van der Waals surface area contributed by atoms with Crippen molar-refractivity contribution in [3.05, 3.63) is 35.9 Å². The molecule has 72 valence electrons. The molecule has 0 spiro atoms. The van der Waals surface area contributed by atoms with Crippen LogP contribution in [-0.4, -0.2) is 11.2 Å². The van der Waals surface area contributed by atoms with E-state index in [-0.39, 0.29) is 6.10 Å². The monoisotopic (exact) mass is 186 g/mol. The minimum Gasteiger partial charge on any atom is -0.393 e. The van der Waals surface area contributed by atoms with Gasteiger partial charge in [0.05, 0.1) is 6.10 Å². The van der Waals surface area contributed by atoms with Gasteiger partial charge in [-0.15, -0.1) is 0 Å². The molecule has 4 fully saturated rings. The van der Waals surface area contributed by atoms with Gasteiger partial charge in [-0.1, -0.05) is 30.3 Å². The Balaban J connectivity index is 1.76. The van der Waals surface area contributed by atoms with Crippen LogP contribution in [0.1, 0.15) is 17.9 Å². The number of aliphatic hydroxyl groups is 1. The first-order valence-corrected chi connectivity index (χ1v) is 5.61. The van der Waals surface area contributed by atoms with Crippen molar-refractivity contribution in [2.45, 2.75) is 18.4 Å². The molecule has 1 N–H and O–H groups in total. The lowest BCUT2D eigenvalue weighted by atomic mass is 9.90. The Labute approximate surface area is 83.8 Å². The minimum absolute atomic E-state index is 0.0233. The fourth-order valence-corrected chi connectivity index (χ4v) is 4.26. The third-order valence-corrected chi connectivity index (χ3v) is 4.73. The molecule has 0 aliphatic heterocycles. The van der Waals surface area contributed by atoms with Crippen LogP contribution in [0, 0.1) is 23.7 Å². The zero-order valence-electron chi connectivity index (χ0n) is 8.01. The molecule has 4 aliphatic rings. The predicted molar refractivity (Wildman–Crippen MR) is 53.8 cm³/mol. The second-order valence-electron chi connectivity index (χ2n) is 5.15. The van der Waals surface area contributed by atoms with E-state index < -0.39 is 0 Å². The van der Waals surface area contributed by atoms with Crippen molar-refractivity contribution in [1.29, 1.82) is 0 Å². The van der Waals surface area contributed by atoms with Gasteiger partial charge >= 0.3 is 0 Å². The van der Waals surface area contributed by atoms with Gasteiger partial charge in [-0.25, -0.2) is 0 Å². The normalized spacial score (nSPS) is 52.4. The summed E-state index contributed by atoms with van der Waals surface area (Å²) < 4.78 is 0. The summed E-state index contributed by atoms with van der Waals surface area (Å²) in [7, 11) is 0. The number of aliphatic hydroxyl groups excluding tert-OH is 1. The van der Waals surface area contributed by atoms with Crippen molar-refractivity contribution in [1.82, 2.24) is 0 Å². The second-order valence-corrected chi connectivity index (χ2v) is 5.15. The number of hydrogen-bond acceptors (Lipinski definition) is 1. The molecule has 1 aromatic carbocycles. The summed E-state index contributed by atoms with van der Waals surface area (Å²) in [6, 6.07) is 10.8. The van der Waals surface area contributed by atoms with E-state index >= 15 is 0 Å². The van der Waals surface area contributed by atoms with Crippen molar-refractivity contribution >= 4 is 0 Å². The van der Waals surface area contributed by atoms with E-state index in [2.05, 4.69) is 30.3 Å². The van der Waals surface area contributed by atoms with Gasteiger partial charge < -0.3 is 5.11 Å². The van der Waals surface area contributed by atoms with E-state index in [4.69, 9.17) is 0 Å². The lowest BCUT2D eigenvalue weighted by Gasteiger charge is -2.17. The summed E-state index contributed by atoms with van der Waals surface area (Å²) in [5.74, 6) is 3.64. The van der Waals surface area contributed by atoms with Crippen LogP contribution in [0.15, 0.2) is 30.3 Å². The Morgan fingerprint density at radius 3 is 2.29 bits per heavy atom. The molecule has 0 saturated heterocycles. The molecule has 4 aliphatic carbocycles. The van der Waals surface area contributed by atoms with Crippen molar-refractivity contribution < 1.29 is 5.11 Å². The standard InChI is InChI=1S/C13H14O/c14-13-9-6-8-11(12(8)13)10(9)7-4-2-1-3-5-7/h1-5,8-14H,6H2. The second kappa shape index (κ2) is 2.22. The maximum atomic E-state index is 9.98. The molecule has 1 heteroatoms. The highest BCUT2D eigenvalue weighted by Crippen LogP contribution is 2.75. The average molecular weight is 186 g/mol. The molecule has 1 aromatic rings. The van der Waals surface area contributed by atoms with Gasteiger partial charge in [0.15, 0.2) is 0 Å². The van der Waals surface area contributed by atoms with Crippen molar-refractivity contribution in [2.75, 3.05) is 0 Å². The van der Waals surface area contributed by atoms with Crippen molar-refractivity contribution in [3.63, 3.8) is 0 Å². The molecule has 0 amide bonds. The Morgan fingerprint density at radius 1 is 1.00 bits per heavy atom. The summed E-state index contributed by atoms with van der Waals surface area (Å²) >= 11 is 0. The van der Waals surface area contributed by atoms with Crippen molar-refractivity contribution in [2.24, 2.45) is 23.7 Å². The van der Waals surface area contributed by atoms with Gasteiger partial charge in [-0.05, 0) is 41.6 Å². The fourth-order valence-electron chi connectivity index (χ4n) is 4.26. The first-order chi connectivity index (χ1) is 6.88. The summed E-state index contributed by atoms with van der Waals surface area (Å²) in [4.78, 5) is 0. The van der Waals surface area contributed by atoms with Crippen LogP contribution in [0.2, 0.25) is 0 Å². The van der Waals surface area contributed by atoms with Gasteiger partial charge in [0, 0.05) is 0 Å². The lowest BCUT2D eigenvalue weighted by molar-refractivity contribution is 0.130. The molecule has 0 radical (unpaired) electrons. The molecular weight excluding hydrogens is 172 g/mol. The molecule has 6 unspecified atom stereocenters. The largest absolute Gasteiger partial charge is 0.393 e. The average Bonchev–Trinajstić information content (AvgIpc) is 2.55. The van der Waals surface area contributed by atoms with Crippen LogP contribution in [0.4, 0.5) is 0 Å². The molecule has 4 bridgehead atoms. The fraction of sp³-hybridized carbons (Fsp3) is 0.538. The molecule has 4 saturated carbocycles. The van der Waals surface area contributed by atoms with Crippen molar-refractivity contribution in [3.8, 4) is 0 Å². The third kappa shape index (κ3) is 0.683. The van der Waals surface area contributed by atoms with Crippen LogP contribution in [0.25, 0.3) is 0 Å². The van der Waals surface area contributed by atoms with Gasteiger partial charge in [0.2, 0.25) is 0 Å². The third-order valence-electron chi connectivity index (χ3n) is 4.73. The maximum absolute atomic E-state index is 9.98. The van der Waals surface area contributed by atoms with Crippen LogP contribution in [0.5, 0.6) is 0 Å². The Kier molecular flexibility index (Phi) is 1.18. The van der Waals surface area contributed by atoms with Crippen LogP contribution in [-0.2, 0) is 0 Å². The van der Waals surface area contributed by atoms with E-state index in [0.29, 0.717) is 17.8 Å². The first-order valence-electron chi connectivity index (χ1n) is 5.61. The smallest absolute Gasteiger partial charge is 0.0608 e. The van der Waals surface area contributed by atoms with Gasteiger partial charge in [-0.3, -0.25) is 0 Å². The minimum atomic E-state index is 0.0233. The van der Waals surface area contributed by atoms with Crippen LogP contribution >= 0.6 is 0 Å². The Hall–Kier alpha value is -0.820. The summed E-state index contributed by atoms with van der Waals surface area (Å²) in [6.45, 7) is 0. The molecule has 0 heterocycles. The van der Waals surface area contributed by atoms with E-state index in [1.807, 2.05) is 0 Å². The number of rotatable bonds is 1. The molecule has 0 aromatic heterocycles. The Morgan fingerprint density at radius 2 is 1.79 bits per heavy atom. The highest BCUT2D eigenvalue weighted by molar-refractivity contribution is 5.34. The summed E-state index contributed by atoms with van der Waals surface area (Å²) in [6.07, 6.45) is 1.31. The van der Waals surface area contributed by atoms with Crippen LogP contribution in [0.3, 0.4) is 0 Å². The van der Waals surface area contributed by atoms with E-state index in [1.165, 1.54) is 12.0 Å². The molecule has 6 atom stereocenters. The van der Waals surface area contributed by atoms with Gasteiger partial charge in [0.25, 0.3) is 0 Å². The molecule has 14 heavy (non-hydrogen) atoms. The van der Waals surface area contributed by atoms with Gasteiger partial charge in [-0.2, -0.15) is 0 Å². The molecule has 5 rings (SSSR count). The SMILES string of the molecule is OC1C2CC3C1C3C2c1ccccc1. The quantitative estimate of drug-likeness (QED) is 0.711. The van der Waals surface area contributed by atoms with Gasteiger partial charge in [0.1, 0.15) is 0 Å². The molecular formula is C13H14O. The summed E-state index contributed by atoms with van der Waals surface area (Å²) in [5.41, 5.74) is 1.46. The zero-order valence-corrected chi connectivity index (χ0v) is 8.01. The predicted octanol–water partition coefficient (Wildman–Crippen LogP) is 2.03. The zero-order chi connectivity index (χ0) is 9.28. The molecule has 1 nitrogen and oxygen atoms in total. The highest BCUT2D eigenvalue weighted by atomic mass is 16.3. The summed E-state index contributed by atoms with van der Waals surface area (Å²) in [5, 5.41) is 9.98. The number of benzene rings is 1. The van der Waals surface area contributed by atoms with E-state index in [0.717, 1.165) is 11.8 Å².